The van der Waals surface area contributed by atoms with Crippen molar-refractivity contribution in [3.8, 4) is 5.75 Å². The van der Waals surface area contributed by atoms with Crippen LogP contribution >= 0.6 is 12.4 Å². The number of benzene rings is 1. The van der Waals surface area contributed by atoms with Crippen molar-refractivity contribution < 1.29 is 9.53 Å². The SMILES string of the molecule is CN(C)C(=O)COc1ccccc1CN1CCC(N)C(C)(C)C1.Cl. The van der Waals surface area contributed by atoms with Gasteiger partial charge in [0.1, 0.15) is 5.75 Å². The molecule has 1 aromatic carbocycles. The highest BCUT2D eigenvalue weighted by atomic mass is 35.5. The summed E-state index contributed by atoms with van der Waals surface area (Å²) < 4.78 is 5.73. The predicted molar refractivity (Wildman–Crippen MR) is 99.5 cm³/mol. The molecule has 0 radical (unpaired) electrons. The Bertz CT molecular complexity index is 549. The van der Waals surface area contributed by atoms with Gasteiger partial charge in [-0.1, -0.05) is 32.0 Å². The summed E-state index contributed by atoms with van der Waals surface area (Å²) in [5.41, 5.74) is 7.45. The first-order chi connectivity index (χ1) is 10.8. The molecule has 0 spiro atoms. The van der Waals surface area contributed by atoms with E-state index in [1.807, 2.05) is 18.2 Å². The molecule has 1 atom stereocenters. The molecule has 2 rings (SSSR count). The number of piperidine rings is 1. The topological polar surface area (TPSA) is 58.8 Å². The van der Waals surface area contributed by atoms with Crippen molar-refractivity contribution in [1.29, 1.82) is 0 Å². The lowest BCUT2D eigenvalue weighted by Crippen LogP contribution is -2.52. The Balaban J connectivity index is 0.00000288. The minimum absolute atomic E-state index is 0. The molecule has 0 aromatic heterocycles. The Morgan fingerprint density at radius 1 is 1.38 bits per heavy atom. The molecule has 2 N–H and O–H groups in total. The maximum atomic E-state index is 11.7. The van der Waals surface area contributed by atoms with Crippen LogP contribution in [0.4, 0.5) is 0 Å². The van der Waals surface area contributed by atoms with E-state index in [4.69, 9.17) is 10.5 Å². The number of nitrogens with zero attached hydrogens (tertiary/aromatic N) is 2. The monoisotopic (exact) mass is 355 g/mol. The van der Waals surface area contributed by atoms with Crippen LogP contribution in [0, 0.1) is 5.41 Å². The minimum atomic E-state index is -0.0371. The Kier molecular flexibility index (Phi) is 7.52. The van der Waals surface area contributed by atoms with Crippen LogP contribution in [0.3, 0.4) is 0 Å². The molecule has 0 aliphatic carbocycles. The fourth-order valence-electron chi connectivity index (χ4n) is 2.90. The van der Waals surface area contributed by atoms with Crippen LogP contribution in [0.1, 0.15) is 25.8 Å². The fraction of sp³-hybridized carbons (Fsp3) is 0.611. The summed E-state index contributed by atoms with van der Waals surface area (Å²) >= 11 is 0. The highest BCUT2D eigenvalue weighted by Crippen LogP contribution is 2.30. The molecule has 1 heterocycles. The van der Waals surface area contributed by atoms with E-state index < -0.39 is 0 Å². The molecule has 1 fully saturated rings. The van der Waals surface area contributed by atoms with E-state index in [9.17, 15) is 4.79 Å². The van der Waals surface area contributed by atoms with Crippen LogP contribution in [0.2, 0.25) is 0 Å². The molecule has 5 nitrogen and oxygen atoms in total. The predicted octanol–water partition coefficient (Wildman–Crippen LogP) is 2.13. The van der Waals surface area contributed by atoms with Crippen LogP contribution in [0.5, 0.6) is 5.75 Å². The zero-order valence-corrected chi connectivity index (χ0v) is 15.9. The van der Waals surface area contributed by atoms with E-state index in [1.54, 1.807) is 14.1 Å². The van der Waals surface area contributed by atoms with Gasteiger partial charge in [-0.15, -0.1) is 12.4 Å². The standard InChI is InChI=1S/C18H29N3O2.ClH/c1-18(2)13-21(10-9-16(18)19)11-14-7-5-6-8-15(14)23-12-17(22)20(3)4;/h5-8,16H,9-13,19H2,1-4H3;1H. The van der Waals surface area contributed by atoms with Gasteiger partial charge in [0.05, 0.1) is 0 Å². The third-order valence-corrected chi connectivity index (χ3v) is 4.61. The number of para-hydroxylation sites is 1. The molecule has 1 amide bonds. The van der Waals surface area contributed by atoms with E-state index >= 15 is 0 Å². The van der Waals surface area contributed by atoms with E-state index in [1.165, 1.54) is 4.90 Å². The fourth-order valence-corrected chi connectivity index (χ4v) is 2.90. The quantitative estimate of drug-likeness (QED) is 0.879. The van der Waals surface area contributed by atoms with E-state index in [0.29, 0.717) is 0 Å². The Hall–Kier alpha value is -1.30. The molecule has 1 saturated heterocycles. The largest absolute Gasteiger partial charge is 0.483 e. The Morgan fingerprint density at radius 2 is 2.04 bits per heavy atom. The van der Waals surface area contributed by atoms with Gasteiger partial charge in [-0.3, -0.25) is 9.69 Å². The zero-order valence-electron chi connectivity index (χ0n) is 15.1. The van der Waals surface area contributed by atoms with Crippen LogP contribution in [-0.2, 0) is 11.3 Å². The highest BCUT2D eigenvalue weighted by Gasteiger charge is 2.33. The second-order valence-corrected chi connectivity index (χ2v) is 7.28. The molecule has 1 aliphatic heterocycles. The lowest BCUT2D eigenvalue weighted by Gasteiger charge is -2.42. The van der Waals surface area contributed by atoms with Crippen molar-refractivity contribution in [2.45, 2.75) is 32.9 Å². The van der Waals surface area contributed by atoms with Crippen LogP contribution in [0.25, 0.3) is 0 Å². The van der Waals surface area contributed by atoms with E-state index in [0.717, 1.165) is 37.4 Å². The first-order valence-electron chi connectivity index (χ1n) is 8.18. The van der Waals surface area contributed by atoms with Crippen molar-refractivity contribution in [3.05, 3.63) is 29.8 Å². The molecular weight excluding hydrogens is 326 g/mol. The molecule has 24 heavy (non-hydrogen) atoms. The van der Waals surface area contributed by atoms with Gasteiger partial charge in [0, 0.05) is 45.3 Å². The van der Waals surface area contributed by atoms with Crippen molar-refractivity contribution >= 4 is 18.3 Å². The number of nitrogens with two attached hydrogens (primary N) is 1. The number of likely N-dealkylation sites (tertiary alicyclic amines) is 1. The molecule has 1 unspecified atom stereocenters. The number of ether oxygens (including phenoxy) is 1. The number of rotatable bonds is 5. The van der Waals surface area contributed by atoms with Gasteiger partial charge in [0.15, 0.2) is 6.61 Å². The average Bonchev–Trinajstić information content (AvgIpc) is 2.49. The Labute approximate surface area is 151 Å². The second-order valence-electron chi connectivity index (χ2n) is 7.28. The van der Waals surface area contributed by atoms with Crippen molar-refractivity contribution in [3.63, 3.8) is 0 Å². The highest BCUT2D eigenvalue weighted by molar-refractivity contribution is 5.85. The van der Waals surface area contributed by atoms with Crippen LogP contribution in [0.15, 0.2) is 24.3 Å². The van der Waals surface area contributed by atoms with E-state index in [-0.39, 0.29) is 36.4 Å². The number of likely N-dealkylation sites (N-methyl/N-ethyl adjacent to an activating group) is 1. The molecular formula is C18H30ClN3O2. The first kappa shape index (κ1) is 20.7. The first-order valence-corrected chi connectivity index (χ1v) is 8.18. The molecule has 0 saturated carbocycles. The van der Waals surface area contributed by atoms with Crippen LogP contribution < -0.4 is 10.5 Å². The maximum Gasteiger partial charge on any atom is 0.259 e. The lowest BCUT2D eigenvalue weighted by molar-refractivity contribution is -0.130. The smallest absolute Gasteiger partial charge is 0.259 e. The second kappa shape index (κ2) is 8.70. The summed E-state index contributed by atoms with van der Waals surface area (Å²) in [4.78, 5) is 15.7. The van der Waals surface area contributed by atoms with Gasteiger partial charge in [0.2, 0.25) is 0 Å². The van der Waals surface area contributed by atoms with Crippen molar-refractivity contribution in [2.75, 3.05) is 33.8 Å². The summed E-state index contributed by atoms with van der Waals surface area (Å²) in [5, 5.41) is 0. The lowest BCUT2D eigenvalue weighted by atomic mass is 9.79. The molecule has 6 heteroatoms. The number of halogens is 1. The number of hydrogen-bond acceptors (Lipinski definition) is 4. The average molecular weight is 356 g/mol. The molecule has 1 aromatic rings. The van der Waals surface area contributed by atoms with Crippen LogP contribution in [-0.4, -0.2) is 55.5 Å². The summed E-state index contributed by atoms with van der Waals surface area (Å²) in [6, 6.07) is 8.20. The summed E-state index contributed by atoms with van der Waals surface area (Å²) in [5.74, 6) is 0.750. The third kappa shape index (κ3) is 5.36. The van der Waals surface area contributed by atoms with Gasteiger partial charge in [-0.05, 0) is 17.9 Å². The zero-order chi connectivity index (χ0) is 17.0. The molecule has 136 valence electrons. The number of amides is 1. The number of carbonyl (C=O) groups excluding carboxylic acids is 1. The Morgan fingerprint density at radius 3 is 2.67 bits per heavy atom. The minimum Gasteiger partial charge on any atom is -0.483 e. The summed E-state index contributed by atoms with van der Waals surface area (Å²) in [6.07, 6.45) is 1.01. The molecule has 0 bridgehead atoms. The van der Waals surface area contributed by atoms with E-state index in [2.05, 4.69) is 24.8 Å². The molecule has 1 aliphatic rings. The van der Waals surface area contributed by atoms with Gasteiger partial charge in [0.25, 0.3) is 5.91 Å². The maximum absolute atomic E-state index is 11.7. The normalized spacial score (nSPS) is 20.1. The van der Waals surface area contributed by atoms with Gasteiger partial charge < -0.3 is 15.4 Å². The van der Waals surface area contributed by atoms with Gasteiger partial charge in [-0.2, -0.15) is 0 Å². The van der Waals surface area contributed by atoms with Gasteiger partial charge >= 0.3 is 0 Å². The summed E-state index contributed by atoms with van der Waals surface area (Å²) in [7, 11) is 3.47. The van der Waals surface area contributed by atoms with Crippen molar-refractivity contribution in [1.82, 2.24) is 9.80 Å². The van der Waals surface area contributed by atoms with Crippen molar-refractivity contribution in [2.24, 2.45) is 11.1 Å². The number of carbonyl (C=O) groups is 1. The van der Waals surface area contributed by atoms with Gasteiger partial charge in [-0.25, -0.2) is 0 Å². The third-order valence-electron chi connectivity index (χ3n) is 4.61. The summed E-state index contributed by atoms with van der Waals surface area (Å²) in [6.45, 7) is 7.31. The number of hydrogen-bond donors (Lipinski definition) is 1.